The van der Waals surface area contributed by atoms with Crippen molar-refractivity contribution in [2.24, 2.45) is 5.73 Å². The first-order valence-electron chi connectivity index (χ1n) is 6.90. The lowest BCUT2D eigenvalue weighted by Crippen LogP contribution is -2.20. The van der Waals surface area contributed by atoms with Gasteiger partial charge in [-0.25, -0.2) is 9.37 Å². The summed E-state index contributed by atoms with van der Waals surface area (Å²) < 4.78 is 15.3. The van der Waals surface area contributed by atoms with Crippen LogP contribution in [0.5, 0.6) is 0 Å². The maximum atomic E-state index is 13.3. The average Bonchev–Trinajstić information content (AvgIpc) is 2.99. The fourth-order valence-electron chi connectivity index (χ4n) is 2.82. The molecule has 0 atom stereocenters. The maximum absolute atomic E-state index is 13.3. The summed E-state index contributed by atoms with van der Waals surface area (Å²) in [5.41, 5.74) is 7.29. The number of aromatic nitrogens is 2. The molecule has 0 unspecified atom stereocenters. The van der Waals surface area contributed by atoms with Crippen LogP contribution in [0, 0.1) is 5.82 Å². The van der Waals surface area contributed by atoms with Gasteiger partial charge in [0, 0.05) is 25.2 Å². The molecular formula is C14H19FN4. The van der Waals surface area contributed by atoms with Crippen molar-refractivity contribution in [3.63, 3.8) is 0 Å². The number of anilines is 1. The quantitative estimate of drug-likeness (QED) is 0.890. The number of imidazole rings is 1. The molecule has 1 fully saturated rings. The number of hydrogen-bond acceptors (Lipinski definition) is 3. The number of nitrogens with one attached hydrogen (secondary N) is 1. The van der Waals surface area contributed by atoms with Gasteiger partial charge in [-0.2, -0.15) is 0 Å². The van der Waals surface area contributed by atoms with Crippen molar-refractivity contribution in [3.8, 4) is 0 Å². The summed E-state index contributed by atoms with van der Waals surface area (Å²) in [4.78, 5) is 4.51. The molecule has 0 bridgehead atoms. The van der Waals surface area contributed by atoms with Crippen LogP contribution in [-0.2, 0) is 6.54 Å². The van der Waals surface area contributed by atoms with Crippen LogP contribution in [0.1, 0.15) is 25.7 Å². The summed E-state index contributed by atoms with van der Waals surface area (Å²) in [6.45, 7) is 1.24. The Labute approximate surface area is 111 Å². The first-order chi connectivity index (χ1) is 9.28. The molecule has 1 heterocycles. The lowest BCUT2D eigenvalue weighted by atomic mass is 10.2. The monoisotopic (exact) mass is 262 g/mol. The van der Waals surface area contributed by atoms with Crippen molar-refractivity contribution in [3.05, 3.63) is 24.0 Å². The largest absolute Gasteiger partial charge is 0.353 e. The molecule has 19 heavy (non-hydrogen) atoms. The van der Waals surface area contributed by atoms with Gasteiger partial charge in [0.15, 0.2) is 0 Å². The second kappa shape index (κ2) is 5.17. The van der Waals surface area contributed by atoms with Gasteiger partial charge >= 0.3 is 0 Å². The molecule has 1 aromatic heterocycles. The molecule has 1 aliphatic carbocycles. The van der Waals surface area contributed by atoms with E-state index in [-0.39, 0.29) is 5.82 Å². The van der Waals surface area contributed by atoms with Crippen LogP contribution in [0.3, 0.4) is 0 Å². The molecular weight excluding hydrogens is 243 g/mol. The molecule has 1 aromatic carbocycles. The predicted molar refractivity (Wildman–Crippen MR) is 74.6 cm³/mol. The Morgan fingerprint density at radius 2 is 2.16 bits per heavy atom. The molecule has 0 saturated heterocycles. The SMILES string of the molecule is NCCn1c(NC2CCCC2)nc2cc(F)ccc21. The zero-order valence-corrected chi connectivity index (χ0v) is 10.9. The van der Waals surface area contributed by atoms with Crippen molar-refractivity contribution in [1.29, 1.82) is 0 Å². The number of halogens is 1. The lowest BCUT2D eigenvalue weighted by Gasteiger charge is -2.14. The number of nitrogens with zero attached hydrogens (tertiary/aromatic N) is 2. The van der Waals surface area contributed by atoms with Crippen LogP contribution in [0.4, 0.5) is 10.3 Å². The highest BCUT2D eigenvalue weighted by molar-refractivity contribution is 5.78. The molecule has 2 aromatic rings. The minimum Gasteiger partial charge on any atom is -0.353 e. The molecule has 0 amide bonds. The van der Waals surface area contributed by atoms with Gasteiger partial charge in [-0.05, 0) is 25.0 Å². The van der Waals surface area contributed by atoms with E-state index >= 15 is 0 Å². The number of nitrogens with two attached hydrogens (primary N) is 1. The standard InChI is InChI=1S/C14H19FN4/c15-10-5-6-13-12(9-10)18-14(19(13)8-7-16)17-11-3-1-2-4-11/h5-6,9,11H,1-4,7-8,16H2,(H,17,18). The molecule has 102 valence electrons. The minimum atomic E-state index is -0.252. The number of hydrogen-bond donors (Lipinski definition) is 2. The summed E-state index contributed by atoms with van der Waals surface area (Å²) in [5.74, 6) is 0.565. The second-order valence-corrected chi connectivity index (χ2v) is 5.13. The highest BCUT2D eigenvalue weighted by Gasteiger charge is 2.18. The molecule has 3 N–H and O–H groups in total. The topological polar surface area (TPSA) is 55.9 Å². The third-order valence-electron chi connectivity index (χ3n) is 3.75. The maximum Gasteiger partial charge on any atom is 0.204 e. The Kier molecular flexibility index (Phi) is 3.38. The fraction of sp³-hybridized carbons (Fsp3) is 0.500. The lowest BCUT2D eigenvalue weighted by molar-refractivity contribution is 0.629. The van der Waals surface area contributed by atoms with Crippen LogP contribution >= 0.6 is 0 Å². The number of benzene rings is 1. The van der Waals surface area contributed by atoms with Gasteiger partial charge < -0.3 is 15.6 Å². The predicted octanol–water partition coefficient (Wildman–Crippen LogP) is 2.49. The Bertz CT molecular complexity index is 572. The zero-order chi connectivity index (χ0) is 13.2. The molecule has 3 rings (SSSR count). The Hall–Kier alpha value is -1.62. The number of fused-ring (bicyclic) bond motifs is 1. The third kappa shape index (κ3) is 2.42. The molecule has 0 spiro atoms. The van der Waals surface area contributed by atoms with Crippen molar-refractivity contribution in [2.45, 2.75) is 38.3 Å². The van der Waals surface area contributed by atoms with Gasteiger partial charge in [0.1, 0.15) is 5.82 Å². The Morgan fingerprint density at radius 3 is 2.89 bits per heavy atom. The van der Waals surface area contributed by atoms with Crippen LogP contribution in [0.15, 0.2) is 18.2 Å². The van der Waals surface area contributed by atoms with Crippen LogP contribution in [-0.4, -0.2) is 22.1 Å². The van der Waals surface area contributed by atoms with Gasteiger partial charge in [-0.15, -0.1) is 0 Å². The third-order valence-corrected chi connectivity index (χ3v) is 3.75. The van der Waals surface area contributed by atoms with E-state index in [1.165, 1.54) is 37.8 Å². The van der Waals surface area contributed by atoms with Crippen LogP contribution < -0.4 is 11.1 Å². The van der Waals surface area contributed by atoms with Crippen molar-refractivity contribution in [1.82, 2.24) is 9.55 Å². The first kappa shape index (κ1) is 12.4. The summed E-state index contributed by atoms with van der Waals surface area (Å²) in [6.07, 6.45) is 4.90. The molecule has 1 saturated carbocycles. The van der Waals surface area contributed by atoms with Gasteiger partial charge in [0.05, 0.1) is 11.0 Å². The second-order valence-electron chi connectivity index (χ2n) is 5.13. The van der Waals surface area contributed by atoms with E-state index in [2.05, 4.69) is 10.3 Å². The van der Waals surface area contributed by atoms with Gasteiger partial charge in [0.25, 0.3) is 0 Å². The molecule has 4 nitrogen and oxygen atoms in total. The zero-order valence-electron chi connectivity index (χ0n) is 10.9. The smallest absolute Gasteiger partial charge is 0.204 e. The van der Waals surface area contributed by atoms with E-state index in [9.17, 15) is 4.39 Å². The molecule has 5 heteroatoms. The van der Waals surface area contributed by atoms with Crippen LogP contribution in [0.25, 0.3) is 11.0 Å². The fourth-order valence-corrected chi connectivity index (χ4v) is 2.82. The number of rotatable bonds is 4. The summed E-state index contributed by atoms with van der Waals surface area (Å²) >= 11 is 0. The Balaban J connectivity index is 1.98. The van der Waals surface area contributed by atoms with Crippen molar-refractivity contribution < 1.29 is 4.39 Å². The molecule has 1 aliphatic rings. The Morgan fingerprint density at radius 1 is 1.37 bits per heavy atom. The van der Waals surface area contributed by atoms with E-state index in [0.29, 0.717) is 24.6 Å². The van der Waals surface area contributed by atoms with Gasteiger partial charge in [0.2, 0.25) is 5.95 Å². The van der Waals surface area contributed by atoms with E-state index < -0.39 is 0 Å². The summed E-state index contributed by atoms with van der Waals surface area (Å²) in [6, 6.07) is 5.20. The summed E-state index contributed by atoms with van der Waals surface area (Å²) in [5, 5.41) is 3.48. The van der Waals surface area contributed by atoms with Gasteiger partial charge in [-0.3, -0.25) is 0 Å². The highest BCUT2D eigenvalue weighted by atomic mass is 19.1. The average molecular weight is 262 g/mol. The summed E-state index contributed by atoms with van der Waals surface area (Å²) in [7, 11) is 0. The minimum absolute atomic E-state index is 0.252. The van der Waals surface area contributed by atoms with Gasteiger partial charge in [-0.1, -0.05) is 12.8 Å². The van der Waals surface area contributed by atoms with Crippen molar-refractivity contribution >= 4 is 17.0 Å². The van der Waals surface area contributed by atoms with Crippen LogP contribution in [0.2, 0.25) is 0 Å². The molecule has 0 aliphatic heterocycles. The highest BCUT2D eigenvalue weighted by Crippen LogP contribution is 2.25. The molecule has 0 radical (unpaired) electrons. The first-order valence-corrected chi connectivity index (χ1v) is 6.90. The normalized spacial score (nSPS) is 16.3. The van der Waals surface area contributed by atoms with E-state index in [1.807, 2.05) is 4.57 Å². The van der Waals surface area contributed by atoms with E-state index in [1.54, 1.807) is 6.07 Å². The van der Waals surface area contributed by atoms with E-state index in [4.69, 9.17) is 5.73 Å². The van der Waals surface area contributed by atoms with E-state index in [0.717, 1.165) is 11.5 Å². The van der Waals surface area contributed by atoms with Crippen molar-refractivity contribution in [2.75, 3.05) is 11.9 Å².